The summed E-state index contributed by atoms with van der Waals surface area (Å²) in [5, 5.41) is 7.73. The van der Waals surface area contributed by atoms with Crippen molar-refractivity contribution in [3.63, 3.8) is 0 Å². The lowest BCUT2D eigenvalue weighted by molar-refractivity contribution is -0.120. The van der Waals surface area contributed by atoms with E-state index in [1.54, 1.807) is 0 Å². The minimum absolute atomic E-state index is 0.215. The highest BCUT2D eigenvalue weighted by molar-refractivity contribution is 6.93. The summed E-state index contributed by atoms with van der Waals surface area (Å²) in [4.78, 5) is 9.18. The van der Waals surface area contributed by atoms with Crippen LogP contribution in [0.3, 0.4) is 0 Å². The van der Waals surface area contributed by atoms with E-state index in [1.165, 1.54) is 0 Å². The maximum atomic E-state index is 9.18. The van der Waals surface area contributed by atoms with Gasteiger partial charge in [0.1, 0.15) is 0 Å². The Morgan fingerprint density at radius 1 is 1.83 bits per heavy atom. The maximum Gasteiger partial charge on any atom is 0.358 e. The molecule has 3 nitrogen and oxygen atoms in total. The van der Waals surface area contributed by atoms with Crippen molar-refractivity contribution in [2.75, 3.05) is 0 Å². The fraction of sp³-hybridized carbons (Fsp3) is 0. The molecule has 0 aromatic heterocycles. The summed E-state index contributed by atoms with van der Waals surface area (Å²) < 4.78 is 3.87. The second-order valence-corrected chi connectivity index (χ2v) is 0.517. The molecule has 0 aromatic carbocycles. The quantitative estimate of drug-likeness (QED) is 0.252. The van der Waals surface area contributed by atoms with Crippen LogP contribution in [0, 0.1) is 0 Å². The van der Waals surface area contributed by atoms with Gasteiger partial charge >= 0.3 is 7.37 Å². The molecule has 0 saturated heterocycles. The molecule has 0 bridgehead atoms. The van der Waals surface area contributed by atoms with Gasteiger partial charge in [-0.15, -0.1) is 0 Å². The molecule has 1 N–H and O–H groups in total. The normalized spacial score (nSPS) is 6.17. The van der Waals surface area contributed by atoms with Crippen LogP contribution >= 0.6 is 0 Å². The van der Waals surface area contributed by atoms with Gasteiger partial charge in [0.15, 0.2) is 0 Å². The fourth-order valence-corrected chi connectivity index (χ4v) is 0.0672. The third-order valence-electron chi connectivity index (χ3n) is 0.195. The maximum absolute atomic E-state index is 9.18. The van der Waals surface area contributed by atoms with Crippen molar-refractivity contribution in [2.45, 2.75) is 0 Å². The molecular formula is CH2B2O3. The van der Waals surface area contributed by atoms with Crippen LogP contribution in [-0.2, 0) is 9.45 Å². The summed E-state index contributed by atoms with van der Waals surface area (Å²) in [5.41, 5.74) is 0. The zero-order valence-corrected chi connectivity index (χ0v) is 3.00. The van der Waals surface area contributed by atoms with Crippen LogP contribution in [0.15, 0.2) is 0 Å². The zero-order valence-electron chi connectivity index (χ0n) is 3.00. The molecule has 0 unspecified atom stereocenters. The van der Waals surface area contributed by atoms with Gasteiger partial charge in [0.25, 0.3) is 13.8 Å². The Hall–Kier alpha value is -0.440. The van der Waals surface area contributed by atoms with Gasteiger partial charge in [-0.25, -0.2) is 0 Å². The van der Waals surface area contributed by atoms with Gasteiger partial charge in [-0.2, -0.15) is 0 Å². The second kappa shape index (κ2) is 4.56. The Kier molecular flexibility index (Phi) is 4.23. The van der Waals surface area contributed by atoms with Gasteiger partial charge in [0.2, 0.25) is 0 Å². The van der Waals surface area contributed by atoms with E-state index in [0.717, 1.165) is 7.37 Å². The number of hydrogen-bond acceptors (Lipinski definition) is 3. The molecule has 0 aromatic rings. The predicted octanol–water partition coefficient (Wildman–Crippen LogP) is -1.69. The van der Waals surface area contributed by atoms with Crippen LogP contribution in [0.25, 0.3) is 0 Å². The summed E-state index contributed by atoms with van der Waals surface area (Å²) in [6.07, 6.45) is 0. The smallest absolute Gasteiger partial charge is 0.358 e. The Bertz CT molecular complexity index is 37.8. The third kappa shape index (κ3) is 3.56. The van der Waals surface area contributed by atoms with E-state index in [-0.39, 0.29) is 6.47 Å². The molecule has 0 aliphatic rings. The summed E-state index contributed by atoms with van der Waals surface area (Å²) in [6.45, 7) is 0.215. The first-order valence-electron chi connectivity index (χ1n) is 1.30. The summed E-state index contributed by atoms with van der Waals surface area (Å²) >= 11 is 0. The molecule has 2 radical (unpaired) electrons. The Balaban J connectivity index is 2.49. The van der Waals surface area contributed by atoms with E-state index in [4.69, 9.17) is 5.02 Å². The SMILES string of the molecule is O=CO[B][B]O. The number of carbonyl (C=O) groups is 1. The van der Waals surface area contributed by atoms with E-state index in [9.17, 15) is 4.79 Å². The van der Waals surface area contributed by atoms with E-state index >= 15 is 0 Å². The first-order chi connectivity index (χ1) is 2.91. The molecule has 0 saturated carbocycles. The predicted molar refractivity (Wildman–Crippen MR) is 20.9 cm³/mol. The minimum atomic E-state index is 0.215. The monoisotopic (exact) mass is 84.0 g/mol. The molecule has 30 valence electrons. The van der Waals surface area contributed by atoms with Gasteiger partial charge in [0.05, 0.1) is 0 Å². The van der Waals surface area contributed by atoms with Crippen LogP contribution in [0.2, 0.25) is 0 Å². The summed E-state index contributed by atoms with van der Waals surface area (Å²) in [7, 11) is 1.50. The molecule has 0 spiro atoms. The Morgan fingerprint density at radius 2 is 2.50 bits per heavy atom. The largest absolute Gasteiger partial charge is 0.547 e. The van der Waals surface area contributed by atoms with Crippen molar-refractivity contribution < 1.29 is 14.5 Å². The highest BCUT2D eigenvalue weighted by Crippen LogP contribution is 1.50. The van der Waals surface area contributed by atoms with E-state index in [1.807, 2.05) is 0 Å². The fourth-order valence-electron chi connectivity index (χ4n) is 0.0672. The molecule has 5 heteroatoms. The summed E-state index contributed by atoms with van der Waals surface area (Å²) in [5.74, 6) is 0. The number of carbonyl (C=O) groups excluding carboxylic acids is 1. The molecule has 0 amide bonds. The lowest BCUT2D eigenvalue weighted by Gasteiger charge is -1.81. The third-order valence-corrected chi connectivity index (χ3v) is 0.195. The van der Waals surface area contributed by atoms with Crippen LogP contribution < -0.4 is 0 Å². The molecule has 0 fully saturated rings. The lowest BCUT2D eigenvalue weighted by atomic mass is 9.65. The molecule has 0 aliphatic heterocycles. The minimum Gasteiger partial charge on any atom is -0.547 e. The average Bonchev–Trinajstić information content (AvgIpc) is 1.61. The van der Waals surface area contributed by atoms with Crippen LogP contribution in [0.5, 0.6) is 0 Å². The molecule has 0 heterocycles. The molecule has 0 rings (SSSR count). The van der Waals surface area contributed by atoms with Gasteiger partial charge in [-0.05, 0) is 0 Å². The van der Waals surface area contributed by atoms with Crippen molar-refractivity contribution in [3.05, 3.63) is 0 Å². The second-order valence-electron chi connectivity index (χ2n) is 0.517. The van der Waals surface area contributed by atoms with Crippen LogP contribution in [-0.4, -0.2) is 26.2 Å². The van der Waals surface area contributed by atoms with E-state index in [0.29, 0.717) is 7.37 Å². The molecular weight excluding hydrogens is 81.6 g/mol. The number of hydrogen-bond donors (Lipinski definition) is 1. The first kappa shape index (κ1) is 5.56. The Labute approximate surface area is 36.8 Å². The van der Waals surface area contributed by atoms with Gasteiger partial charge < -0.3 is 9.68 Å². The van der Waals surface area contributed by atoms with E-state index < -0.39 is 0 Å². The first-order valence-corrected chi connectivity index (χ1v) is 1.30. The van der Waals surface area contributed by atoms with Crippen LogP contribution in [0.1, 0.15) is 0 Å². The standard InChI is InChI=1S/CH2B2O3/c4-1-6-3-2-5/h1,5H. The lowest BCUT2D eigenvalue weighted by Crippen LogP contribution is -2.05. The molecule has 0 aliphatic carbocycles. The van der Waals surface area contributed by atoms with Crippen molar-refractivity contribution in [3.8, 4) is 0 Å². The molecule has 6 heavy (non-hydrogen) atoms. The van der Waals surface area contributed by atoms with Crippen molar-refractivity contribution >= 4 is 21.2 Å². The van der Waals surface area contributed by atoms with Crippen LogP contribution in [0.4, 0.5) is 0 Å². The number of rotatable bonds is 3. The van der Waals surface area contributed by atoms with Gasteiger partial charge in [-0.1, -0.05) is 0 Å². The molecule has 0 atom stereocenters. The zero-order chi connectivity index (χ0) is 4.83. The average molecular weight is 83.6 g/mol. The van der Waals surface area contributed by atoms with Gasteiger partial charge in [-0.3, -0.25) is 4.79 Å². The van der Waals surface area contributed by atoms with Gasteiger partial charge in [0, 0.05) is 0 Å². The highest BCUT2D eigenvalue weighted by atomic mass is 16.5. The van der Waals surface area contributed by atoms with Crippen molar-refractivity contribution in [1.82, 2.24) is 0 Å². The van der Waals surface area contributed by atoms with Crippen molar-refractivity contribution in [2.24, 2.45) is 0 Å². The van der Waals surface area contributed by atoms with E-state index in [2.05, 4.69) is 4.65 Å². The topological polar surface area (TPSA) is 46.5 Å². The summed E-state index contributed by atoms with van der Waals surface area (Å²) in [6, 6.07) is 0. The van der Waals surface area contributed by atoms with Crippen molar-refractivity contribution in [1.29, 1.82) is 0 Å². The Morgan fingerprint density at radius 3 is 2.67 bits per heavy atom. The highest BCUT2D eigenvalue weighted by Gasteiger charge is 1.85.